The summed E-state index contributed by atoms with van der Waals surface area (Å²) in [6.07, 6.45) is 1.57. The first-order valence-electron chi connectivity index (χ1n) is 6.95. The second-order valence-electron chi connectivity index (χ2n) is 5.32. The molecule has 0 aliphatic carbocycles. The fraction of sp³-hybridized carbons (Fsp3) is 0.533. The van der Waals surface area contributed by atoms with Gasteiger partial charge in [0.05, 0.1) is 12.0 Å². The molecular weight excluding hydrogens is 254 g/mol. The van der Waals surface area contributed by atoms with E-state index in [1.807, 2.05) is 11.6 Å². The topological polar surface area (TPSA) is 63.2 Å². The van der Waals surface area contributed by atoms with Gasteiger partial charge >= 0.3 is 0 Å². The van der Waals surface area contributed by atoms with Crippen molar-refractivity contribution in [2.75, 3.05) is 6.54 Å². The standard InChI is InChI=1S/C15H23N3O2/c1-5-18-12(3)13(11(2)17-18)9-16-10-15(4,19)14-7-6-8-20-14/h6-8,16,19H,5,9-10H2,1-4H3. The van der Waals surface area contributed by atoms with E-state index in [0.29, 0.717) is 18.8 Å². The van der Waals surface area contributed by atoms with Crippen LogP contribution in [0.25, 0.3) is 0 Å². The Bertz CT molecular complexity index is 556. The monoisotopic (exact) mass is 277 g/mol. The molecule has 110 valence electrons. The second-order valence-corrected chi connectivity index (χ2v) is 5.32. The van der Waals surface area contributed by atoms with Crippen LogP contribution in [0.15, 0.2) is 22.8 Å². The molecule has 0 fully saturated rings. The number of aromatic nitrogens is 2. The summed E-state index contributed by atoms with van der Waals surface area (Å²) in [7, 11) is 0. The van der Waals surface area contributed by atoms with E-state index in [-0.39, 0.29) is 0 Å². The average molecular weight is 277 g/mol. The third kappa shape index (κ3) is 2.94. The van der Waals surface area contributed by atoms with E-state index in [1.54, 1.807) is 25.3 Å². The van der Waals surface area contributed by atoms with Crippen LogP contribution in [-0.4, -0.2) is 21.4 Å². The van der Waals surface area contributed by atoms with Gasteiger partial charge in [-0.3, -0.25) is 4.68 Å². The van der Waals surface area contributed by atoms with Gasteiger partial charge in [-0.15, -0.1) is 0 Å². The third-order valence-corrected chi connectivity index (χ3v) is 3.65. The minimum absolute atomic E-state index is 0.427. The molecule has 0 saturated heterocycles. The van der Waals surface area contributed by atoms with Crippen LogP contribution in [-0.2, 0) is 18.7 Å². The molecule has 0 amide bonds. The van der Waals surface area contributed by atoms with E-state index < -0.39 is 5.60 Å². The van der Waals surface area contributed by atoms with Crippen LogP contribution in [0.5, 0.6) is 0 Å². The predicted molar refractivity (Wildman–Crippen MR) is 77.4 cm³/mol. The smallest absolute Gasteiger partial charge is 0.136 e. The predicted octanol–water partition coefficient (Wildman–Crippen LogP) is 2.11. The Hall–Kier alpha value is -1.59. The van der Waals surface area contributed by atoms with E-state index in [1.165, 1.54) is 11.3 Å². The minimum Gasteiger partial charge on any atom is -0.466 e. The van der Waals surface area contributed by atoms with Crippen molar-refractivity contribution in [1.29, 1.82) is 0 Å². The number of aryl methyl sites for hydroxylation is 2. The SMILES string of the molecule is CCn1nc(C)c(CNCC(C)(O)c2ccco2)c1C. The minimum atomic E-state index is -1.01. The lowest BCUT2D eigenvalue weighted by Crippen LogP contribution is -2.35. The Labute approximate surface area is 119 Å². The van der Waals surface area contributed by atoms with Gasteiger partial charge in [0, 0.05) is 30.9 Å². The zero-order chi connectivity index (χ0) is 14.8. The van der Waals surface area contributed by atoms with Crippen LogP contribution in [0.4, 0.5) is 0 Å². The highest BCUT2D eigenvalue weighted by molar-refractivity contribution is 5.24. The molecule has 1 atom stereocenters. The second kappa shape index (κ2) is 5.81. The third-order valence-electron chi connectivity index (χ3n) is 3.65. The molecule has 0 aliphatic rings. The number of nitrogens with zero attached hydrogens (tertiary/aromatic N) is 2. The van der Waals surface area contributed by atoms with Gasteiger partial charge in [-0.2, -0.15) is 5.10 Å². The molecule has 0 aliphatic heterocycles. The molecule has 20 heavy (non-hydrogen) atoms. The van der Waals surface area contributed by atoms with E-state index in [4.69, 9.17) is 4.42 Å². The van der Waals surface area contributed by atoms with Crippen molar-refractivity contribution in [1.82, 2.24) is 15.1 Å². The molecule has 0 aromatic carbocycles. The first-order valence-corrected chi connectivity index (χ1v) is 6.95. The summed E-state index contributed by atoms with van der Waals surface area (Å²) in [5.41, 5.74) is 2.40. The molecule has 0 saturated carbocycles. The van der Waals surface area contributed by atoms with Crippen molar-refractivity contribution in [3.63, 3.8) is 0 Å². The van der Waals surface area contributed by atoms with Crippen molar-refractivity contribution in [3.8, 4) is 0 Å². The van der Waals surface area contributed by atoms with E-state index >= 15 is 0 Å². The van der Waals surface area contributed by atoms with Gasteiger partial charge in [-0.25, -0.2) is 0 Å². The summed E-state index contributed by atoms with van der Waals surface area (Å²) in [6, 6.07) is 3.57. The maximum Gasteiger partial charge on any atom is 0.136 e. The highest BCUT2D eigenvalue weighted by Crippen LogP contribution is 2.20. The number of aliphatic hydroxyl groups is 1. The van der Waals surface area contributed by atoms with Crippen LogP contribution in [0, 0.1) is 13.8 Å². The Morgan fingerprint density at radius 2 is 2.20 bits per heavy atom. The van der Waals surface area contributed by atoms with E-state index in [0.717, 1.165) is 12.2 Å². The summed E-state index contributed by atoms with van der Waals surface area (Å²) in [5, 5.41) is 18.1. The summed E-state index contributed by atoms with van der Waals surface area (Å²) in [4.78, 5) is 0. The first kappa shape index (κ1) is 14.8. The molecule has 0 bridgehead atoms. The van der Waals surface area contributed by atoms with Crippen LogP contribution >= 0.6 is 0 Å². The summed E-state index contributed by atoms with van der Waals surface area (Å²) in [5.74, 6) is 0.572. The average Bonchev–Trinajstić information content (AvgIpc) is 3.01. The number of hydrogen-bond acceptors (Lipinski definition) is 4. The van der Waals surface area contributed by atoms with Crippen molar-refractivity contribution in [2.45, 2.75) is 46.4 Å². The van der Waals surface area contributed by atoms with Gasteiger partial charge in [0.2, 0.25) is 0 Å². The zero-order valence-electron chi connectivity index (χ0n) is 12.6. The van der Waals surface area contributed by atoms with Gasteiger partial charge in [-0.1, -0.05) is 0 Å². The van der Waals surface area contributed by atoms with E-state index in [2.05, 4.69) is 24.3 Å². The number of furan rings is 1. The van der Waals surface area contributed by atoms with Crippen LogP contribution < -0.4 is 5.32 Å². The fourth-order valence-electron chi connectivity index (χ4n) is 2.40. The highest BCUT2D eigenvalue weighted by Gasteiger charge is 2.25. The first-order chi connectivity index (χ1) is 9.45. The molecule has 5 heteroatoms. The van der Waals surface area contributed by atoms with Gasteiger partial charge in [0.25, 0.3) is 0 Å². The fourth-order valence-corrected chi connectivity index (χ4v) is 2.40. The van der Waals surface area contributed by atoms with Gasteiger partial charge in [0.1, 0.15) is 11.4 Å². The maximum absolute atomic E-state index is 10.4. The van der Waals surface area contributed by atoms with E-state index in [9.17, 15) is 5.11 Å². The van der Waals surface area contributed by atoms with Crippen LogP contribution in [0.2, 0.25) is 0 Å². The molecule has 2 N–H and O–H groups in total. The number of nitrogens with one attached hydrogen (secondary N) is 1. The van der Waals surface area contributed by atoms with Crippen molar-refractivity contribution < 1.29 is 9.52 Å². The molecule has 0 spiro atoms. The number of rotatable bonds is 6. The summed E-state index contributed by atoms with van der Waals surface area (Å²) < 4.78 is 7.26. The Morgan fingerprint density at radius 1 is 1.45 bits per heavy atom. The summed E-state index contributed by atoms with van der Waals surface area (Å²) in [6.45, 7) is 9.90. The normalized spacial score (nSPS) is 14.4. The lowest BCUT2D eigenvalue weighted by Gasteiger charge is -2.21. The molecule has 1 unspecified atom stereocenters. The summed E-state index contributed by atoms with van der Waals surface area (Å²) >= 11 is 0. The van der Waals surface area contributed by atoms with Crippen molar-refractivity contribution in [3.05, 3.63) is 41.1 Å². The highest BCUT2D eigenvalue weighted by atomic mass is 16.4. The lowest BCUT2D eigenvalue weighted by atomic mass is 10.0. The largest absolute Gasteiger partial charge is 0.466 e. The maximum atomic E-state index is 10.4. The molecule has 2 aromatic rings. The number of hydrogen-bond donors (Lipinski definition) is 2. The molecule has 2 heterocycles. The van der Waals surface area contributed by atoms with Crippen LogP contribution in [0.3, 0.4) is 0 Å². The molecule has 2 rings (SSSR count). The van der Waals surface area contributed by atoms with Crippen molar-refractivity contribution >= 4 is 0 Å². The van der Waals surface area contributed by atoms with Crippen LogP contribution in [0.1, 0.15) is 36.6 Å². The molecule has 0 radical (unpaired) electrons. The zero-order valence-corrected chi connectivity index (χ0v) is 12.6. The molecular formula is C15H23N3O2. The Morgan fingerprint density at radius 3 is 2.75 bits per heavy atom. The van der Waals surface area contributed by atoms with Crippen molar-refractivity contribution in [2.24, 2.45) is 0 Å². The lowest BCUT2D eigenvalue weighted by molar-refractivity contribution is 0.0340. The molecule has 5 nitrogen and oxygen atoms in total. The quantitative estimate of drug-likeness (QED) is 0.849. The van der Waals surface area contributed by atoms with Gasteiger partial charge in [-0.05, 0) is 39.8 Å². The Kier molecular flexibility index (Phi) is 4.30. The van der Waals surface area contributed by atoms with Gasteiger partial charge in [0.15, 0.2) is 0 Å². The Balaban J connectivity index is 1.98. The molecule has 2 aromatic heterocycles. The van der Waals surface area contributed by atoms with Gasteiger partial charge < -0.3 is 14.8 Å².